The number of carbonyl (C=O) groups excluding carboxylic acids is 1. The minimum absolute atomic E-state index is 0.0739. The maximum atomic E-state index is 12.0. The Morgan fingerprint density at radius 2 is 1.86 bits per heavy atom. The topological polar surface area (TPSA) is 69.6 Å². The minimum atomic E-state index is -0.811. The standard InChI is InChI=1S/C16H16N2O3/c19-15(20)7-11-9-18(10-11)16(21)17-14-6-5-12-3-1-2-4-13(12)8-14/h1-6,8,11H,7,9-10H2,(H,17,21)(H,19,20). The quantitative estimate of drug-likeness (QED) is 0.910. The second-order valence-corrected chi connectivity index (χ2v) is 5.36. The van der Waals surface area contributed by atoms with Crippen molar-refractivity contribution in [2.24, 2.45) is 5.92 Å². The van der Waals surface area contributed by atoms with Crippen molar-refractivity contribution in [3.05, 3.63) is 42.5 Å². The van der Waals surface area contributed by atoms with Crippen molar-refractivity contribution in [1.82, 2.24) is 4.90 Å². The number of nitrogens with zero attached hydrogens (tertiary/aromatic N) is 1. The van der Waals surface area contributed by atoms with Gasteiger partial charge in [0.15, 0.2) is 0 Å². The van der Waals surface area contributed by atoms with Crippen LogP contribution in [0.3, 0.4) is 0 Å². The van der Waals surface area contributed by atoms with Crippen LogP contribution in [0.25, 0.3) is 10.8 Å². The first kappa shape index (κ1) is 13.4. The van der Waals surface area contributed by atoms with Crippen molar-refractivity contribution in [1.29, 1.82) is 0 Å². The summed E-state index contributed by atoms with van der Waals surface area (Å²) in [7, 11) is 0. The minimum Gasteiger partial charge on any atom is -0.481 e. The van der Waals surface area contributed by atoms with Crippen molar-refractivity contribution in [2.75, 3.05) is 18.4 Å². The van der Waals surface area contributed by atoms with Gasteiger partial charge in [0.25, 0.3) is 0 Å². The highest BCUT2D eigenvalue weighted by atomic mass is 16.4. The third-order valence-corrected chi connectivity index (χ3v) is 3.71. The number of carboxylic acids is 1. The molecule has 108 valence electrons. The molecular formula is C16H16N2O3. The summed E-state index contributed by atoms with van der Waals surface area (Å²) in [6.07, 6.45) is 0.125. The summed E-state index contributed by atoms with van der Waals surface area (Å²) in [6.45, 7) is 1.01. The zero-order valence-corrected chi connectivity index (χ0v) is 11.5. The SMILES string of the molecule is O=C(O)CC1CN(C(=O)Nc2ccc3ccccc3c2)C1. The van der Waals surface area contributed by atoms with Gasteiger partial charge in [0.1, 0.15) is 0 Å². The molecule has 0 radical (unpaired) electrons. The summed E-state index contributed by atoms with van der Waals surface area (Å²) in [5.74, 6) is -0.737. The second-order valence-electron chi connectivity index (χ2n) is 5.36. The smallest absolute Gasteiger partial charge is 0.321 e. The Morgan fingerprint density at radius 1 is 1.14 bits per heavy atom. The van der Waals surface area contributed by atoms with Crippen molar-refractivity contribution in [3.63, 3.8) is 0 Å². The van der Waals surface area contributed by atoms with E-state index < -0.39 is 5.97 Å². The van der Waals surface area contributed by atoms with E-state index in [9.17, 15) is 9.59 Å². The molecule has 0 saturated carbocycles. The number of urea groups is 1. The summed E-state index contributed by atoms with van der Waals surface area (Å²) in [6, 6.07) is 13.5. The molecule has 1 aliphatic rings. The molecule has 1 saturated heterocycles. The molecule has 1 aliphatic heterocycles. The van der Waals surface area contributed by atoms with E-state index in [1.165, 1.54) is 0 Å². The highest BCUT2D eigenvalue weighted by Crippen LogP contribution is 2.22. The summed E-state index contributed by atoms with van der Waals surface area (Å²) in [4.78, 5) is 24.2. The van der Waals surface area contributed by atoms with Crippen molar-refractivity contribution >= 4 is 28.5 Å². The Labute approximate surface area is 122 Å². The first-order chi connectivity index (χ1) is 10.1. The number of benzene rings is 2. The molecule has 2 aromatic rings. The van der Waals surface area contributed by atoms with Gasteiger partial charge >= 0.3 is 12.0 Å². The predicted octanol–water partition coefficient (Wildman–Crippen LogP) is 2.78. The van der Waals surface area contributed by atoms with Gasteiger partial charge in [-0.15, -0.1) is 0 Å². The van der Waals surface area contributed by atoms with Gasteiger partial charge in [-0.1, -0.05) is 30.3 Å². The maximum Gasteiger partial charge on any atom is 0.321 e. The summed E-state index contributed by atoms with van der Waals surface area (Å²) >= 11 is 0. The van der Waals surface area contributed by atoms with E-state index in [1.807, 2.05) is 42.5 Å². The molecule has 0 atom stereocenters. The predicted molar refractivity (Wildman–Crippen MR) is 80.3 cm³/mol. The van der Waals surface area contributed by atoms with Crippen LogP contribution in [0.1, 0.15) is 6.42 Å². The van der Waals surface area contributed by atoms with Crippen LogP contribution in [0, 0.1) is 5.92 Å². The van der Waals surface area contributed by atoms with Gasteiger partial charge in [-0.25, -0.2) is 4.79 Å². The van der Waals surface area contributed by atoms with Gasteiger partial charge < -0.3 is 15.3 Å². The van der Waals surface area contributed by atoms with E-state index in [1.54, 1.807) is 4.90 Å². The van der Waals surface area contributed by atoms with E-state index in [4.69, 9.17) is 5.11 Å². The molecule has 2 aromatic carbocycles. The van der Waals surface area contributed by atoms with Crippen LogP contribution in [0.5, 0.6) is 0 Å². The highest BCUT2D eigenvalue weighted by Gasteiger charge is 2.31. The fraction of sp³-hybridized carbons (Fsp3) is 0.250. The van der Waals surface area contributed by atoms with Gasteiger partial charge in [-0.2, -0.15) is 0 Å². The fourth-order valence-corrected chi connectivity index (χ4v) is 2.58. The Hall–Kier alpha value is -2.56. The molecule has 2 amide bonds. The molecule has 0 unspecified atom stereocenters. The second kappa shape index (κ2) is 5.44. The van der Waals surface area contributed by atoms with Gasteiger partial charge in [-0.3, -0.25) is 4.79 Å². The number of amides is 2. The molecule has 1 fully saturated rings. The monoisotopic (exact) mass is 284 g/mol. The molecule has 1 heterocycles. The number of carboxylic acid groups (broad SMARTS) is 1. The Balaban J connectivity index is 1.61. The fourth-order valence-electron chi connectivity index (χ4n) is 2.58. The molecule has 5 nitrogen and oxygen atoms in total. The highest BCUT2D eigenvalue weighted by molar-refractivity contribution is 5.93. The van der Waals surface area contributed by atoms with Crippen LogP contribution in [-0.2, 0) is 4.79 Å². The number of nitrogens with one attached hydrogen (secondary N) is 1. The molecule has 0 aromatic heterocycles. The van der Waals surface area contributed by atoms with Crippen LogP contribution in [0.2, 0.25) is 0 Å². The van der Waals surface area contributed by atoms with Gasteiger partial charge in [-0.05, 0) is 22.9 Å². The van der Waals surface area contributed by atoms with Crippen LogP contribution in [-0.4, -0.2) is 35.1 Å². The zero-order valence-electron chi connectivity index (χ0n) is 11.5. The molecule has 0 bridgehead atoms. The van der Waals surface area contributed by atoms with E-state index in [0.29, 0.717) is 13.1 Å². The summed E-state index contributed by atoms with van der Waals surface area (Å²) < 4.78 is 0. The molecule has 21 heavy (non-hydrogen) atoms. The van der Waals surface area contributed by atoms with Crippen LogP contribution in [0.15, 0.2) is 42.5 Å². The third-order valence-electron chi connectivity index (χ3n) is 3.71. The van der Waals surface area contributed by atoms with E-state index in [-0.39, 0.29) is 18.4 Å². The number of aliphatic carboxylic acids is 1. The number of carbonyl (C=O) groups is 2. The normalized spacial score (nSPS) is 14.8. The zero-order chi connectivity index (χ0) is 14.8. The van der Waals surface area contributed by atoms with Gasteiger partial charge in [0.05, 0.1) is 6.42 Å². The average molecular weight is 284 g/mol. The van der Waals surface area contributed by atoms with E-state index in [0.717, 1.165) is 16.5 Å². The van der Waals surface area contributed by atoms with Gasteiger partial charge in [0, 0.05) is 24.7 Å². The van der Waals surface area contributed by atoms with E-state index in [2.05, 4.69) is 5.32 Å². The average Bonchev–Trinajstić information content (AvgIpc) is 2.42. The Bertz CT molecular complexity index is 693. The summed E-state index contributed by atoms with van der Waals surface area (Å²) in [5.41, 5.74) is 0.750. The molecule has 3 rings (SSSR count). The third kappa shape index (κ3) is 2.97. The molecule has 2 N–H and O–H groups in total. The van der Waals surface area contributed by atoms with Crippen LogP contribution < -0.4 is 5.32 Å². The van der Waals surface area contributed by atoms with Crippen molar-refractivity contribution in [2.45, 2.75) is 6.42 Å². The lowest BCUT2D eigenvalue weighted by Gasteiger charge is -2.38. The molecule has 0 aliphatic carbocycles. The number of hydrogen-bond donors (Lipinski definition) is 2. The Kier molecular flexibility index (Phi) is 3.48. The maximum absolute atomic E-state index is 12.0. The summed E-state index contributed by atoms with van der Waals surface area (Å²) in [5, 5.41) is 13.7. The number of likely N-dealkylation sites (tertiary alicyclic amines) is 1. The van der Waals surface area contributed by atoms with Crippen molar-refractivity contribution < 1.29 is 14.7 Å². The number of fused-ring (bicyclic) bond motifs is 1. The van der Waals surface area contributed by atoms with Gasteiger partial charge in [0.2, 0.25) is 0 Å². The first-order valence-corrected chi connectivity index (χ1v) is 6.88. The number of rotatable bonds is 3. The lowest BCUT2D eigenvalue weighted by atomic mass is 9.97. The first-order valence-electron chi connectivity index (χ1n) is 6.88. The van der Waals surface area contributed by atoms with E-state index >= 15 is 0 Å². The lowest BCUT2D eigenvalue weighted by Crippen LogP contribution is -2.52. The number of anilines is 1. The van der Waals surface area contributed by atoms with Crippen LogP contribution in [0.4, 0.5) is 10.5 Å². The lowest BCUT2D eigenvalue weighted by molar-refractivity contribution is -0.139. The Morgan fingerprint density at radius 3 is 2.57 bits per heavy atom. The molecular weight excluding hydrogens is 268 g/mol. The largest absolute Gasteiger partial charge is 0.481 e. The van der Waals surface area contributed by atoms with Crippen LogP contribution >= 0.6 is 0 Å². The molecule has 5 heteroatoms. The number of hydrogen-bond acceptors (Lipinski definition) is 2. The van der Waals surface area contributed by atoms with Crippen molar-refractivity contribution in [3.8, 4) is 0 Å². The molecule has 0 spiro atoms.